The molecule has 0 aliphatic rings. The molecule has 0 heterocycles. The van der Waals surface area contributed by atoms with Crippen LogP contribution >= 0.6 is 0 Å². The van der Waals surface area contributed by atoms with Crippen molar-refractivity contribution in [3.05, 3.63) is 267 Å². The van der Waals surface area contributed by atoms with Crippen LogP contribution in [0.1, 0.15) is 0 Å². The fourth-order valence-electron chi connectivity index (χ4n) is 14.4. The third-order valence-corrected chi connectivity index (χ3v) is 17.8. The van der Waals surface area contributed by atoms with Crippen LogP contribution < -0.4 is 0 Å². The van der Waals surface area contributed by atoms with E-state index in [-0.39, 0.29) is 0 Å². The maximum absolute atomic E-state index is 2.55. The Kier molecular flexibility index (Phi) is 8.49. The first kappa shape index (κ1) is 42.1. The second-order valence-electron chi connectivity index (χ2n) is 21.8. The summed E-state index contributed by atoms with van der Waals surface area (Å²) in [4.78, 5) is 0. The summed E-state index contributed by atoms with van der Waals surface area (Å²) >= 11 is 0. The lowest BCUT2D eigenvalue weighted by Gasteiger charge is -2.25. The molecule has 0 unspecified atom stereocenters. The van der Waals surface area contributed by atoms with Crippen molar-refractivity contribution < 1.29 is 0 Å². The molecule has 0 atom stereocenters. The predicted octanol–water partition coefficient (Wildman–Crippen LogP) is 22.2. The lowest BCUT2D eigenvalue weighted by Crippen LogP contribution is -1.97. The largest absolute Gasteiger partial charge is 0.0622 e. The van der Waals surface area contributed by atoms with E-state index >= 15 is 0 Å². The van der Waals surface area contributed by atoms with Crippen LogP contribution in [0.5, 0.6) is 0 Å². The van der Waals surface area contributed by atoms with E-state index in [2.05, 4.69) is 267 Å². The molecule has 0 saturated heterocycles. The summed E-state index contributed by atoms with van der Waals surface area (Å²) in [5.74, 6) is 0. The Morgan fingerprint density at radius 1 is 0.141 bits per heavy atom. The van der Waals surface area contributed by atoms with E-state index in [1.54, 1.807) is 0 Å². The van der Waals surface area contributed by atoms with E-state index in [1.165, 1.54) is 185 Å². The molecule has 18 aromatic rings. The van der Waals surface area contributed by atoms with Crippen LogP contribution in [0, 0.1) is 0 Å². The average molecular weight is 981 g/mol. The molecule has 0 N–H and O–H groups in total. The summed E-state index contributed by atoms with van der Waals surface area (Å²) in [5.41, 5.74) is 12.4. The summed E-state index contributed by atoms with van der Waals surface area (Å²) in [6.07, 6.45) is 0. The van der Waals surface area contributed by atoms with E-state index in [4.69, 9.17) is 0 Å². The van der Waals surface area contributed by atoms with Gasteiger partial charge in [-0.25, -0.2) is 0 Å². The monoisotopic (exact) mass is 980 g/mol. The van der Waals surface area contributed by atoms with Gasteiger partial charge < -0.3 is 0 Å². The van der Waals surface area contributed by atoms with Crippen LogP contribution in [0.15, 0.2) is 267 Å². The third kappa shape index (κ3) is 5.84. The van der Waals surface area contributed by atoms with Crippen LogP contribution in [0.4, 0.5) is 0 Å². The molecule has 0 aromatic heterocycles. The standard InChI is InChI=1S/C78H44/c1-2-12-45(13-3-1)59-23-6-7-24-60(59)61-36-37-64-68(41-54-22-10-20-50-30-33-63(61)78(64)73(50)54)77-66-35-32-49-19-9-17-47-27-29-56(75(66)72(47)49)43-70(77)69-42-55-28-26-46-16-8-18-48-31-34-65(74(55)71(46)48)76(69)62-25-11-21-53-40-57-38-51-14-4-5-15-52(51)39-58(57)44-67(53)62/h1-44H. The summed E-state index contributed by atoms with van der Waals surface area (Å²) < 4.78 is 0. The molecule has 0 bridgehead atoms. The van der Waals surface area contributed by atoms with Gasteiger partial charge in [-0.15, -0.1) is 0 Å². The third-order valence-electron chi connectivity index (χ3n) is 17.8. The Morgan fingerprint density at radius 3 is 1.18 bits per heavy atom. The van der Waals surface area contributed by atoms with Gasteiger partial charge in [0, 0.05) is 0 Å². The Labute approximate surface area is 449 Å². The van der Waals surface area contributed by atoms with Crippen molar-refractivity contribution in [3.8, 4) is 55.6 Å². The van der Waals surface area contributed by atoms with Gasteiger partial charge in [0.1, 0.15) is 0 Å². The van der Waals surface area contributed by atoms with E-state index in [1.807, 2.05) is 0 Å². The summed E-state index contributed by atoms with van der Waals surface area (Å²) in [5, 5.41) is 30.5. The topological polar surface area (TPSA) is 0 Å². The van der Waals surface area contributed by atoms with Crippen molar-refractivity contribution in [2.75, 3.05) is 0 Å². The number of benzene rings is 18. The van der Waals surface area contributed by atoms with Gasteiger partial charge in [0.2, 0.25) is 0 Å². The molecule has 0 radical (unpaired) electrons. The molecule has 0 aliphatic carbocycles. The number of hydrogen-bond donors (Lipinski definition) is 0. The van der Waals surface area contributed by atoms with Crippen LogP contribution in [0.25, 0.3) is 185 Å². The molecule has 0 fully saturated rings. The molecule has 0 spiro atoms. The van der Waals surface area contributed by atoms with Crippen molar-refractivity contribution in [3.63, 3.8) is 0 Å². The van der Waals surface area contributed by atoms with Gasteiger partial charge in [-0.2, -0.15) is 0 Å². The highest BCUT2D eigenvalue weighted by Gasteiger charge is 2.27. The highest BCUT2D eigenvalue weighted by atomic mass is 14.3. The lowest BCUT2D eigenvalue weighted by molar-refractivity contribution is 1.60. The van der Waals surface area contributed by atoms with Crippen LogP contribution in [-0.2, 0) is 0 Å². The molecule has 0 saturated carbocycles. The highest BCUT2D eigenvalue weighted by molar-refractivity contribution is 6.35. The molecular weight excluding hydrogens is 937 g/mol. The molecule has 0 heteroatoms. The van der Waals surface area contributed by atoms with Gasteiger partial charge in [-0.3, -0.25) is 0 Å². The summed E-state index contributed by atoms with van der Waals surface area (Å²) in [7, 11) is 0. The average Bonchev–Trinajstić information content (AvgIpc) is 3.67. The van der Waals surface area contributed by atoms with Gasteiger partial charge in [-0.1, -0.05) is 224 Å². The molecule has 18 aromatic carbocycles. The predicted molar refractivity (Wildman–Crippen MR) is 337 cm³/mol. The van der Waals surface area contributed by atoms with Crippen molar-refractivity contribution in [2.45, 2.75) is 0 Å². The SMILES string of the molecule is c1ccc(-c2ccccc2-c2ccc3c(-c4c(-c5cc6ccc7cccc8ccc(c5-c5cccc9cc%10cc%11ccccc%11cc%10cc59)c6c78)cc5ccc6cccc7ccc4c5c67)cc4cccc5ccc2c3c54)cc1. The fourth-order valence-corrected chi connectivity index (χ4v) is 14.4. The summed E-state index contributed by atoms with van der Waals surface area (Å²) in [6, 6.07) is 102. The zero-order valence-corrected chi connectivity index (χ0v) is 42.4. The quantitative estimate of drug-likeness (QED) is 0.119. The molecule has 0 amide bonds. The lowest BCUT2D eigenvalue weighted by atomic mass is 9.78. The maximum atomic E-state index is 2.55. The van der Waals surface area contributed by atoms with Gasteiger partial charge in [0.05, 0.1) is 0 Å². The Morgan fingerprint density at radius 2 is 0.538 bits per heavy atom. The normalized spacial score (nSPS) is 12.4. The molecule has 78 heavy (non-hydrogen) atoms. The second kappa shape index (κ2) is 15.7. The second-order valence-corrected chi connectivity index (χ2v) is 21.8. The minimum atomic E-state index is 1.22. The van der Waals surface area contributed by atoms with E-state index in [0.717, 1.165) is 0 Å². The van der Waals surface area contributed by atoms with E-state index < -0.39 is 0 Å². The maximum Gasteiger partial charge on any atom is -0.00143 e. The first-order valence-corrected chi connectivity index (χ1v) is 27.3. The summed E-state index contributed by atoms with van der Waals surface area (Å²) in [6.45, 7) is 0. The van der Waals surface area contributed by atoms with Crippen molar-refractivity contribution in [1.82, 2.24) is 0 Å². The van der Waals surface area contributed by atoms with E-state index in [9.17, 15) is 0 Å². The van der Waals surface area contributed by atoms with Gasteiger partial charge in [0.15, 0.2) is 0 Å². The van der Waals surface area contributed by atoms with Crippen LogP contribution in [0.2, 0.25) is 0 Å². The van der Waals surface area contributed by atoms with Crippen molar-refractivity contribution >= 4 is 129 Å². The Bertz CT molecular complexity index is 5510. The smallest absolute Gasteiger partial charge is 0.00143 e. The Balaban J connectivity index is 1.01. The number of rotatable bonds is 5. The van der Waals surface area contributed by atoms with Crippen molar-refractivity contribution in [2.24, 2.45) is 0 Å². The molecule has 0 nitrogen and oxygen atoms in total. The minimum Gasteiger partial charge on any atom is -0.0622 e. The zero-order chi connectivity index (χ0) is 50.7. The zero-order valence-electron chi connectivity index (χ0n) is 42.4. The molecule has 0 aliphatic heterocycles. The Hall–Kier alpha value is -10.1. The van der Waals surface area contributed by atoms with Crippen molar-refractivity contribution in [1.29, 1.82) is 0 Å². The molecule has 356 valence electrons. The first-order valence-electron chi connectivity index (χ1n) is 27.3. The number of hydrogen-bond acceptors (Lipinski definition) is 0. The van der Waals surface area contributed by atoms with Gasteiger partial charge in [-0.05, 0) is 227 Å². The molecular formula is C78H44. The van der Waals surface area contributed by atoms with Crippen LogP contribution in [-0.4, -0.2) is 0 Å². The van der Waals surface area contributed by atoms with Gasteiger partial charge in [0.25, 0.3) is 0 Å². The highest BCUT2D eigenvalue weighted by Crippen LogP contribution is 2.54. The van der Waals surface area contributed by atoms with Crippen LogP contribution in [0.3, 0.4) is 0 Å². The molecule has 18 rings (SSSR count). The minimum absolute atomic E-state index is 1.22. The van der Waals surface area contributed by atoms with Gasteiger partial charge >= 0.3 is 0 Å². The fraction of sp³-hybridized carbons (Fsp3) is 0. The van der Waals surface area contributed by atoms with E-state index in [0.29, 0.717) is 0 Å². The first-order chi connectivity index (χ1) is 38.7. The number of fused-ring (bicyclic) bond motifs is 3.